The van der Waals surface area contributed by atoms with Crippen LogP contribution in [0.25, 0.3) is 12.2 Å². The molecule has 3 rings (SSSR count). The smallest absolute Gasteiger partial charge is 0.198 e. The van der Waals surface area contributed by atoms with Gasteiger partial charge < -0.3 is 4.42 Å². The molecule has 0 bridgehead atoms. The number of benzene rings is 1. The molecule has 4 heteroatoms. The van der Waals surface area contributed by atoms with Gasteiger partial charge in [-0.15, -0.1) is 0 Å². The molecule has 3 aromatic rings. The van der Waals surface area contributed by atoms with Crippen molar-refractivity contribution in [2.24, 2.45) is 0 Å². The van der Waals surface area contributed by atoms with Crippen LogP contribution in [0.3, 0.4) is 0 Å². The molecule has 0 amide bonds. The van der Waals surface area contributed by atoms with Gasteiger partial charge in [-0.2, -0.15) is 0 Å². The maximum absolute atomic E-state index is 11.9. The molecule has 0 aliphatic carbocycles. The minimum atomic E-state index is 0.0275. The zero-order valence-electron chi connectivity index (χ0n) is 14.2. The SMILES string of the molecule is CCC(=O)c1occc1Sc1ccc(/C=C/c2ccnc(C)c2)cc1. The summed E-state index contributed by atoms with van der Waals surface area (Å²) >= 11 is 1.54. The average molecular weight is 349 g/mol. The Balaban J connectivity index is 1.70. The third kappa shape index (κ3) is 4.48. The van der Waals surface area contributed by atoms with Gasteiger partial charge in [-0.1, -0.05) is 43.0 Å². The van der Waals surface area contributed by atoms with Crippen LogP contribution in [0.5, 0.6) is 0 Å². The topological polar surface area (TPSA) is 43.1 Å². The summed E-state index contributed by atoms with van der Waals surface area (Å²) in [6.45, 7) is 3.82. The van der Waals surface area contributed by atoms with Crippen LogP contribution in [0.1, 0.15) is 40.7 Å². The molecular weight excluding hydrogens is 330 g/mol. The molecule has 0 radical (unpaired) electrons. The number of nitrogens with zero attached hydrogens (tertiary/aromatic N) is 1. The number of rotatable bonds is 6. The van der Waals surface area contributed by atoms with E-state index in [0.717, 1.165) is 26.6 Å². The van der Waals surface area contributed by atoms with E-state index < -0.39 is 0 Å². The van der Waals surface area contributed by atoms with Crippen molar-refractivity contribution >= 4 is 29.7 Å². The molecule has 0 N–H and O–H groups in total. The van der Waals surface area contributed by atoms with Gasteiger partial charge >= 0.3 is 0 Å². The molecule has 25 heavy (non-hydrogen) atoms. The van der Waals surface area contributed by atoms with Crippen LogP contribution in [-0.2, 0) is 0 Å². The fourth-order valence-corrected chi connectivity index (χ4v) is 3.28. The summed E-state index contributed by atoms with van der Waals surface area (Å²) in [5.41, 5.74) is 3.26. The molecule has 0 aliphatic heterocycles. The molecule has 3 nitrogen and oxygen atoms in total. The van der Waals surface area contributed by atoms with Crippen molar-refractivity contribution in [2.75, 3.05) is 0 Å². The van der Waals surface area contributed by atoms with Crippen LogP contribution >= 0.6 is 11.8 Å². The van der Waals surface area contributed by atoms with E-state index in [1.54, 1.807) is 18.0 Å². The lowest BCUT2D eigenvalue weighted by atomic mass is 10.1. The molecule has 0 saturated carbocycles. The molecule has 2 aromatic heterocycles. The Morgan fingerprint density at radius 1 is 1.12 bits per heavy atom. The standard InChI is InChI=1S/C21H19NO2S/c1-3-19(23)21-20(11-13-24-21)25-18-8-6-16(7-9-18)4-5-17-10-12-22-15(2)14-17/h4-14H,3H2,1-2H3/b5-4+. The predicted octanol–water partition coefficient (Wildman–Crippen LogP) is 5.90. The van der Waals surface area contributed by atoms with Crippen LogP contribution in [0.4, 0.5) is 0 Å². The molecule has 0 aliphatic rings. The molecule has 0 saturated heterocycles. The number of hydrogen-bond acceptors (Lipinski definition) is 4. The summed E-state index contributed by atoms with van der Waals surface area (Å²) in [5.74, 6) is 0.476. The highest BCUT2D eigenvalue weighted by Crippen LogP contribution is 2.32. The molecule has 1 aromatic carbocycles. The predicted molar refractivity (Wildman–Crippen MR) is 102 cm³/mol. The molecule has 2 heterocycles. The van der Waals surface area contributed by atoms with Gasteiger partial charge in [0, 0.05) is 23.2 Å². The summed E-state index contributed by atoms with van der Waals surface area (Å²) < 4.78 is 5.32. The lowest BCUT2D eigenvalue weighted by molar-refractivity contribution is 0.0957. The summed E-state index contributed by atoms with van der Waals surface area (Å²) in [6.07, 6.45) is 7.98. The molecule has 0 fully saturated rings. The number of furan rings is 1. The Morgan fingerprint density at radius 3 is 2.60 bits per heavy atom. The Morgan fingerprint density at radius 2 is 1.88 bits per heavy atom. The number of pyridine rings is 1. The van der Waals surface area contributed by atoms with Gasteiger partial charge in [-0.25, -0.2) is 0 Å². The number of aromatic nitrogens is 1. The van der Waals surface area contributed by atoms with Crippen molar-refractivity contribution in [2.45, 2.75) is 30.1 Å². The Hall–Kier alpha value is -2.59. The van der Waals surface area contributed by atoms with E-state index in [1.807, 2.05) is 38.2 Å². The van der Waals surface area contributed by atoms with E-state index in [9.17, 15) is 4.79 Å². The highest BCUT2D eigenvalue weighted by molar-refractivity contribution is 7.99. The second-order valence-electron chi connectivity index (χ2n) is 5.63. The van der Waals surface area contributed by atoms with E-state index in [1.165, 1.54) is 0 Å². The number of carbonyl (C=O) groups excluding carboxylic acids is 1. The van der Waals surface area contributed by atoms with E-state index >= 15 is 0 Å². The van der Waals surface area contributed by atoms with Crippen LogP contribution in [0.15, 0.2) is 69.1 Å². The second kappa shape index (κ2) is 7.99. The van der Waals surface area contributed by atoms with Crippen LogP contribution < -0.4 is 0 Å². The van der Waals surface area contributed by atoms with Crippen LogP contribution in [-0.4, -0.2) is 10.8 Å². The van der Waals surface area contributed by atoms with Crippen molar-refractivity contribution < 1.29 is 9.21 Å². The quantitative estimate of drug-likeness (QED) is 0.520. The number of ketones is 1. The van der Waals surface area contributed by atoms with Crippen molar-refractivity contribution in [1.29, 1.82) is 0 Å². The van der Waals surface area contributed by atoms with Crippen LogP contribution in [0.2, 0.25) is 0 Å². The molecule has 0 atom stereocenters. The molecule has 126 valence electrons. The van der Waals surface area contributed by atoms with Gasteiger partial charge in [-0.3, -0.25) is 9.78 Å². The van der Waals surface area contributed by atoms with Crippen molar-refractivity contribution in [3.05, 3.63) is 77.5 Å². The zero-order valence-corrected chi connectivity index (χ0v) is 15.0. The minimum Gasteiger partial charge on any atom is -0.460 e. The van der Waals surface area contributed by atoms with Crippen molar-refractivity contribution in [3.8, 4) is 0 Å². The monoisotopic (exact) mass is 349 g/mol. The van der Waals surface area contributed by atoms with Gasteiger partial charge in [0.15, 0.2) is 11.5 Å². The van der Waals surface area contributed by atoms with Gasteiger partial charge in [0.2, 0.25) is 0 Å². The van der Waals surface area contributed by atoms with E-state index in [2.05, 4.69) is 41.4 Å². The molecule has 0 unspecified atom stereocenters. The first kappa shape index (κ1) is 17.2. The fraction of sp³-hybridized carbons (Fsp3) is 0.143. The van der Waals surface area contributed by atoms with Crippen molar-refractivity contribution in [3.63, 3.8) is 0 Å². The molecule has 0 spiro atoms. The Kier molecular flexibility index (Phi) is 5.51. The molecular formula is C21H19NO2S. The number of aryl methyl sites for hydroxylation is 1. The van der Waals surface area contributed by atoms with Gasteiger partial charge in [0.25, 0.3) is 0 Å². The third-order valence-electron chi connectivity index (χ3n) is 3.70. The highest BCUT2D eigenvalue weighted by Gasteiger charge is 2.14. The van der Waals surface area contributed by atoms with E-state index in [-0.39, 0.29) is 5.78 Å². The summed E-state index contributed by atoms with van der Waals surface area (Å²) in [5, 5.41) is 0. The largest absolute Gasteiger partial charge is 0.460 e. The van der Waals surface area contributed by atoms with Gasteiger partial charge in [0.1, 0.15) is 0 Å². The lowest BCUT2D eigenvalue weighted by Crippen LogP contribution is -1.95. The first-order valence-electron chi connectivity index (χ1n) is 8.15. The third-order valence-corrected chi connectivity index (χ3v) is 4.75. The Labute approximate surface area is 151 Å². The minimum absolute atomic E-state index is 0.0275. The fourth-order valence-electron chi connectivity index (χ4n) is 2.38. The first-order chi connectivity index (χ1) is 12.2. The maximum atomic E-state index is 11.9. The summed E-state index contributed by atoms with van der Waals surface area (Å²) in [6, 6.07) is 14.1. The van der Waals surface area contributed by atoms with Gasteiger partial charge in [-0.05, 0) is 48.4 Å². The number of hydrogen-bond donors (Lipinski definition) is 0. The summed E-state index contributed by atoms with van der Waals surface area (Å²) in [7, 11) is 0. The zero-order chi connectivity index (χ0) is 17.6. The normalized spacial score (nSPS) is 11.1. The lowest BCUT2D eigenvalue weighted by Gasteiger charge is -2.02. The highest BCUT2D eigenvalue weighted by atomic mass is 32.2. The Bertz CT molecular complexity index is 894. The maximum Gasteiger partial charge on any atom is 0.198 e. The average Bonchev–Trinajstić information content (AvgIpc) is 3.09. The number of carbonyl (C=O) groups is 1. The van der Waals surface area contributed by atoms with Crippen LogP contribution in [0, 0.1) is 6.92 Å². The van der Waals surface area contributed by atoms with E-state index in [4.69, 9.17) is 4.42 Å². The summed E-state index contributed by atoms with van der Waals surface area (Å²) in [4.78, 5) is 18.0. The van der Waals surface area contributed by atoms with E-state index in [0.29, 0.717) is 12.2 Å². The first-order valence-corrected chi connectivity index (χ1v) is 8.96. The second-order valence-corrected chi connectivity index (χ2v) is 6.74. The van der Waals surface area contributed by atoms with Crippen molar-refractivity contribution in [1.82, 2.24) is 4.98 Å². The number of Topliss-reactive ketones (excluding diaryl/α,β-unsaturated/α-hetero) is 1. The van der Waals surface area contributed by atoms with Gasteiger partial charge in [0.05, 0.1) is 11.2 Å².